The highest BCUT2D eigenvalue weighted by atomic mass is 35.5. The van der Waals surface area contributed by atoms with Gasteiger partial charge in [-0.1, -0.05) is 12.2 Å². The maximum atomic E-state index is 11.0. The first-order valence-electron chi connectivity index (χ1n) is 5.83. The summed E-state index contributed by atoms with van der Waals surface area (Å²) in [6.07, 6.45) is 4.91. The summed E-state index contributed by atoms with van der Waals surface area (Å²) in [5.74, 6) is 0.348. The van der Waals surface area contributed by atoms with Gasteiger partial charge in [0.2, 0.25) is 0 Å². The summed E-state index contributed by atoms with van der Waals surface area (Å²) in [5.41, 5.74) is 0. The van der Waals surface area contributed by atoms with E-state index in [0.717, 1.165) is 0 Å². The van der Waals surface area contributed by atoms with E-state index in [2.05, 4.69) is 0 Å². The van der Waals surface area contributed by atoms with Crippen molar-refractivity contribution in [3.8, 4) is 0 Å². The second kappa shape index (κ2) is 13.5. The van der Waals surface area contributed by atoms with E-state index < -0.39 is 0 Å². The van der Waals surface area contributed by atoms with Gasteiger partial charge in [0.25, 0.3) is 0 Å². The zero-order chi connectivity index (χ0) is 12.8. The highest BCUT2D eigenvalue weighted by Crippen LogP contribution is 1.94. The molecule has 0 aliphatic heterocycles. The van der Waals surface area contributed by atoms with E-state index in [4.69, 9.17) is 25.8 Å². The Morgan fingerprint density at radius 1 is 1.18 bits per heavy atom. The van der Waals surface area contributed by atoms with Gasteiger partial charge in [0.1, 0.15) is 0 Å². The normalized spacial score (nSPS) is 10.9. The average Bonchev–Trinajstić information content (AvgIpc) is 2.32. The molecule has 0 aliphatic carbocycles. The lowest BCUT2D eigenvalue weighted by molar-refractivity contribution is -0.143. The minimum absolute atomic E-state index is 0.160. The molecule has 0 N–H and O–H groups in total. The maximum absolute atomic E-state index is 11.0. The minimum Gasteiger partial charge on any atom is -0.466 e. The highest BCUT2D eigenvalue weighted by molar-refractivity contribution is 6.17. The van der Waals surface area contributed by atoms with Crippen LogP contribution in [0.3, 0.4) is 0 Å². The Bertz CT molecular complexity index is 207. The molecule has 0 aromatic rings. The third-order valence-corrected chi connectivity index (χ3v) is 1.95. The molecule has 0 saturated heterocycles. The fourth-order valence-corrected chi connectivity index (χ4v) is 1.16. The fraction of sp³-hybridized carbons (Fsp3) is 0.750. The third kappa shape index (κ3) is 13.4. The van der Waals surface area contributed by atoms with Gasteiger partial charge in [-0.15, -0.1) is 11.6 Å². The molecule has 0 atom stereocenters. The van der Waals surface area contributed by atoms with E-state index in [1.165, 1.54) is 0 Å². The van der Waals surface area contributed by atoms with Gasteiger partial charge in [0.15, 0.2) is 0 Å². The second-order valence-electron chi connectivity index (χ2n) is 3.19. The second-order valence-corrected chi connectivity index (χ2v) is 3.57. The van der Waals surface area contributed by atoms with E-state index in [9.17, 15) is 4.79 Å². The number of rotatable bonds is 11. The smallest absolute Gasteiger partial charge is 0.306 e. The van der Waals surface area contributed by atoms with Crippen molar-refractivity contribution in [3.05, 3.63) is 12.2 Å². The molecule has 4 nitrogen and oxygen atoms in total. The fourth-order valence-electron chi connectivity index (χ4n) is 1.05. The Labute approximate surface area is 108 Å². The van der Waals surface area contributed by atoms with Crippen molar-refractivity contribution >= 4 is 17.6 Å². The van der Waals surface area contributed by atoms with Crippen molar-refractivity contribution < 1.29 is 19.0 Å². The molecule has 0 aromatic heterocycles. The predicted molar refractivity (Wildman–Crippen MR) is 67.4 cm³/mol. The number of allylic oxidation sites excluding steroid dienone is 1. The Balaban J connectivity index is 3.17. The number of carbonyl (C=O) groups excluding carboxylic acids is 1. The lowest BCUT2D eigenvalue weighted by atomic mass is 10.3. The van der Waals surface area contributed by atoms with Crippen LogP contribution in [0.25, 0.3) is 0 Å². The molecule has 0 rings (SSSR count). The van der Waals surface area contributed by atoms with Gasteiger partial charge in [0, 0.05) is 12.3 Å². The van der Waals surface area contributed by atoms with Crippen LogP contribution in [0.4, 0.5) is 0 Å². The lowest BCUT2D eigenvalue weighted by Gasteiger charge is -2.01. The number of alkyl halides is 1. The van der Waals surface area contributed by atoms with Crippen LogP contribution in [-0.4, -0.2) is 44.9 Å². The first-order valence-corrected chi connectivity index (χ1v) is 6.36. The molecule has 100 valence electrons. The number of hydrogen-bond donors (Lipinski definition) is 0. The van der Waals surface area contributed by atoms with E-state index in [1.807, 2.05) is 12.2 Å². The van der Waals surface area contributed by atoms with Gasteiger partial charge in [-0.2, -0.15) is 0 Å². The molecule has 0 amide bonds. The van der Waals surface area contributed by atoms with Gasteiger partial charge in [-0.05, 0) is 13.3 Å². The number of ether oxygens (including phenoxy) is 3. The van der Waals surface area contributed by atoms with Crippen molar-refractivity contribution in [2.45, 2.75) is 19.8 Å². The predicted octanol–water partition coefficient (Wildman–Crippen LogP) is 2.16. The van der Waals surface area contributed by atoms with Crippen LogP contribution in [0, 0.1) is 0 Å². The Hall–Kier alpha value is -0.580. The summed E-state index contributed by atoms with van der Waals surface area (Å²) in [7, 11) is 0. The molecule has 0 aliphatic rings. The van der Waals surface area contributed by atoms with Crippen molar-refractivity contribution in [1.82, 2.24) is 0 Å². The van der Waals surface area contributed by atoms with E-state index in [1.54, 1.807) is 6.92 Å². The summed E-state index contributed by atoms with van der Waals surface area (Å²) in [6.45, 7) is 4.44. The molecule has 0 spiro atoms. The Kier molecular flexibility index (Phi) is 13.0. The Morgan fingerprint density at radius 3 is 2.65 bits per heavy atom. The van der Waals surface area contributed by atoms with Gasteiger partial charge >= 0.3 is 5.97 Å². The first kappa shape index (κ1) is 16.4. The van der Waals surface area contributed by atoms with Crippen molar-refractivity contribution in [2.24, 2.45) is 0 Å². The SMILES string of the molecule is CCOC(=O)CC/C=C\COCCOCCCl. The van der Waals surface area contributed by atoms with Gasteiger partial charge in [0.05, 0.1) is 33.0 Å². The highest BCUT2D eigenvalue weighted by Gasteiger charge is 1.97. The topological polar surface area (TPSA) is 44.8 Å². The molecule has 0 aromatic carbocycles. The van der Waals surface area contributed by atoms with Gasteiger partial charge in [-0.25, -0.2) is 0 Å². The van der Waals surface area contributed by atoms with Crippen molar-refractivity contribution in [2.75, 3.05) is 38.9 Å². The molecular formula is C12H21ClO4. The van der Waals surface area contributed by atoms with Crippen LogP contribution in [0.2, 0.25) is 0 Å². The molecule has 0 bridgehead atoms. The molecular weight excluding hydrogens is 244 g/mol. The quantitative estimate of drug-likeness (QED) is 0.248. The number of carbonyl (C=O) groups is 1. The van der Waals surface area contributed by atoms with Crippen molar-refractivity contribution in [1.29, 1.82) is 0 Å². The molecule has 0 saturated carbocycles. The summed E-state index contributed by atoms with van der Waals surface area (Å²) >= 11 is 5.43. The monoisotopic (exact) mass is 264 g/mol. The largest absolute Gasteiger partial charge is 0.466 e. The van der Waals surface area contributed by atoms with Crippen LogP contribution in [0.1, 0.15) is 19.8 Å². The molecule has 17 heavy (non-hydrogen) atoms. The van der Waals surface area contributed by atoms with Gasteiger partial charge < -0.3 is 14.2 Å². The van der Waals surface area contributed by atoms with Crippen LogP contribution in [0.15, 0.2) is 12.2 Å². The molecule has 0 fully saturated rings. The molecule has 0 heterocycles. The third-order valence-electron chi connectivity index (χ3n) is 1.79. The zero-order valence-corrected chi connectivity index (χ0v) is 11.1. The number of hydrogen-bond acceptors (Lipinski definition) is 4. The number of esters is 1. The van der Waals surface area contributed by atoms with E-state index >= 15 is 0 Å². The van der Waals surface area contributed by atoms with Crippen LogP contribution in [-0.2, 0) is 19.0 Å². The summed E-state index contributed by atoms with van der Waals surface area (Å²) in [6, 6.07) is 0. The van der Waals surface area contributed by atoms with E-state index in [0.29, 0.717) is 51.8 Å². The van der Waals surface area contributed by atoms with Crippen LogP contribution in [0.5, 0.6) is 0 Å². The summed E-state index contributed by atoms with van der Waals surface area (Å²) in [5, 5.41) is 0. The molecule has 0 unspecified atom stereocenters. The lowest BCUT2D eigenvalue weighted by Crippen LogP contribution is -2.05. The molecule has 5 heteroatoms. The van der Waals surface area contributed by atoms with Crippen LogP contribution >= 0.6 is 11.6 Å². The Morgan fingerprint density at radius 2 is 1.94 bits per heavy atom. The maximum Gasteiger partial charge on any atom is 0.306 e. The first-order chi connectivity index (χ1) is 8.31. The van der Waals surface area contributed by atoms with Gasteiger partial charge in [-0.3, -0.25) is 4.79 Å². The van der Waals surface area contributed by atoms with E-state index in [-0.39, 0.29) is 5.97 Å². The molecule has 0 radical (unpaired) electrons. The average molecular weight is 265 g/mol. The zero-order valence-electron chi connectivity index (χ0n) is 10.3. The van der Waals surface area contributed by atoms with Crippen LogP contribution < -0.4 is 0 Å². The summed E-state index contributed by atoms with van der Waals surface area (Å²) < 4.78 is 15.2. The standard InChI is InChI=1S/C12H21ClO4/c1-2-17-12(14)6-4-3-5-8-15-10-11-16-9-7-13/h3,5H,2,4,6-11H2,1H3/b5-3-. The minimum atomic E-state index is -0.160. The summed E-state index contributed by atoms with van der Waals surface area (Å²) in [4.78, 5) is 11.0. The van der Waals surface area contributed by atoms with Crippen molar-refractivity contribution in [3.63, 3.8) is 0 Å². The number of halogens is 1.